The van der Waals surface area contributed by atoms with Crippen LogP contribution in [0.15, 0.2) is 23.1 Å². The molecule has 22 heavy (non-hydrogen) atoms. The van der Waals surface area contributed by atoms with E-state index >= 15 is 0 Å². The molecule has 1 atom stereocenters. The normalized spacial score (nSPS) is 20.8. The lowest BCUT2D eigenvalue weighted by Crippen LogP contribution is -2.45. The first-order chi connectivity index (χ1) is 10.5. The van der Waals surface area contributed by atoms with E-state index in [4.69, 9.17) is 4.74 Å². The predicted molar refractivity (Wildman–Crippen MR) is 85.5 cm³/mol. The summed E-state index contributed by atoms with van der Waals surface area (Å²) in [6, 6.07) is 5.42. The third kappa shape index (κ3) is 3.68. The van der Waals surface area contributed by atoms with E-state index in [9.17, 15) is 8.42 Å². The fourth-order valence-corrected chi connectivity index (χ4v) is 4.54. The van der Waals surface area contributed by atoms with E-state index in [1.54, 1.807) is 6.07 Å². The highest BCUT2D eigenvalue weighted by molar-refractivity contribution is 7.89. The SMILES string of the molecule is C[C@H](CN1CCOCC1)NS(=O)(=O)c1ccc2c(c1)CCC2. The van der Waals surface area contributed by atoms with Crippen molar-refractivity contribution in [2.45, 2.75) is 37.1 Å². The van der Waals surface area contributed by atoms with E-state index in [1.807, 2.05) is 19.1 Å². The molecule has 0 aromatic heterocycles. The van der Waals surface area contributed by atoms with Gasteiger partial charge in [-0.3, -0.25) is 4.90 Å². The maximum atomic E-state index is 12.5. The zero-order valence-corrected chi connectivity index (χ0v) is 13.9. The van der Waals surface area contributed by atoms with Gasteiger partial charge >= 0.3 is 0 Å². The second kappa shape index (κ2) is 6.66. The Morgan fingerprint density at radius 2 is 1.95 bits per heavy atom. The quantitative estimate of drug-likeness (QED) is 0.883. The van der Waals surface area contributed by atoms with Crippen LogP contribution in [-0.4, -0.2) is 52.2 Å². The van der Waals surface area contributed by atoms with Gasteiger partial charge in [-0.15, -0.1) is 0 Å². The van der Waals surface area contributed by atoms with E-state index in [0.717, 1.165) is 45.6 Å². The number of benzene rings is 1. The molecule has 0 spiro atoms. The number of morpholine rings is 1. The molecule has 1 aliphatic heterocycles. The van der Waals surface area contributed by atoms with Gasteiger partial charge < -0.3 is 4.74 Å². The summed E-state index contributed by atoms with van der Waals surface area (Å²) < 4.78 is 33.2. The lowest BCUT2D eigenvalue weighted by Gasteiger charge is -2.29. The molecule has 6 heteroatoms. The maximum Gasteiger partial charge on any atom is 0.240 e. The number of fused-ring (bicyclic) bond motifs is 1. The molecule has 1 aliphatic carbocycles. The van der Waals surface area contributed by atoms with Gasteiger partial charge in [-0.05, 0) is 49.4 Å². The summed E-state index contributed by atoms with van der Waals surface area (Å²) in [7, 11) is -3.44. The second-order valence-electron chi connectivity index (χ2n) is 6.22. The number of nitrogens with zero attached hydrogens (tertiary/aromatic N) is 1. The zero-order chi connectivity index (χ0) is 15.6. The van der Waals surface area contributed by atoms with Gasteiger partial charge in [0.15, 0.2) is 0 Å². The van der Waals surface area contributed by atoms with Crippen LogP contribution < -0.4 is 4.72 Å². The van der Waals surface area contributed by atoms with Crippen LogP contribution in [0, 0.1) is 0 Å². The first-order valence-corrected chi connectivity index (χ1v) is 9.47. The predicted octanol–water partition coefficient (Wildman–Crippen LogP) is 1.17. The Kier molecular flexibility index (Phi) is 4.82. The molecular weight excluding hydrogens is 300 g/mol. The Labute approximate surface area is 132 Å². The van der Waals surface area contributed by atoms with Crippen molar-refractivity contribution in [3.63, 3.8) is 0 Å². The Morgan fingerprint density at radius 3 is 2.73 bits per heavy atom. The summed E-state index contributed by atoms with van der Waals surface area (Å²) in [6.45, 7) is 5.82. The summed E-state index contributed by atoms with van der Waals surface area (Å²) in [5, 5.41) is 0. The molecule has 0 radical (unpaired) electrons. The smallest absolute Gasteiger partial charge is 0.240 e. The summed E-state index contributed by atoms with van der Waals surface area (Å²) in [4.78, 5) is 2.63. The van der Waals surface area contributed by atoms with Gasteiger partial charge in [-0.2, -0.15) is 0 Å². The number of hydrogen-bond donors (Lipinski definition) is 1. The van der Waals surface area contributed by atoms with Crippen LogP contribution in [0.5, 0.6) is 0 Å². The van der Waals surface area contributed by atoms with E-state index in [2.05, 4.69) is 9.62 Å². The van der Waals surface area contributed by atoms with Crippen LogP contribution in [0.1, 0.15) is 24.5 Å². The topological polar surface area (TPSA) is 58.6 Å². The van der Waals surface area contributed by atoms with Crippen molar-refractivity contribution in [3.05, 3.63) is 29.3 Å². The van der Waals surface area contributed by atoms with Crippen molar-refractivity contribution in [1.82, 2.24) is 9.62 Å². The van der Waals surface area contributed by atoms with Crippen LogP contribution in [0.2, 0.25) is 0 Å². The molecule has 122 valence electrons. The number of ether oxygens (including phenoxy) is 1. The lowest BCUT2D eigenvalue weighted by atomic mass is 10.1. The molecule has 1 aromatic carbocycles. The van der Waals surface area contributed by atoms with E-state index in [0.29, 0.717) is 11.4 Å². The molecule has 0 bridgehead atoms. The average molecular weight is 324 g/mol. The van der Waals surface area contributed by atoms with Gasteiger partial charge in [-0.25, -0.2) is 13.1 Å². The molecule has 1 fully saturated rings. The van der Waals surface area contributed by atoms with Gasteiger partial charge in [0.05, 0.1) is 18.1 Å². The van der Waals surface area contributed by atoms with E-state index < -0.39 is 10.0 Å². The van der Waals surface area contributed by atoms with Crippen molar-refractivity contribution in [2.75, 3.05) is 32.8 Å². The molecule has 1 saturated heterocycles. The Bertz CT molecular complexity index is 624. The highest BCUT2D eigenvalue weighted by Crippen LogP contribution is 2.24. The first kappa shape index (κ1) is 15.9. The van der Waals surface area contributed by atoms with Gasteiger partial charge in [0.2, 0.25) is 10.0 Å². The Morgan fingerprint density at radius 1 is 1.23 bits per heavy atom. The van der Waals surface area contributed by atoms with E-state index in [1.165, 1.54) is 11.1 Å². The molecule has 1 N–H and O–H groups in total. The third-order valence-corrected chi connectivity index (χ3v) is 5.96. The molecule has 0 saturated carbocycles. The fraction of sp³-hybridized carbons (Fsp3) is 0.625. The average Bonchev–Trinajstić information content (AvgIpc) is 2.95. The van der Waals surface area contributed by atoms with Gasteiger partial charge in [0.25, 0.3) is 0 Å². The first-order valence-electron chi connectivity index (χ1n) is 7.99. The summed E-state index contributed by atoms with van der Waals surface area (Å²) in [6.07, 6.45) is 3.18. The van der Waals surface area contributed by atoms with Crippen LogP contribution in [0.25, 0.3) is 0 Å². The third-order valence-electron chi connectivity index (χ3n) is 4.37. The minimum absolute atomic E-state index is 0.114. The molecule has 0 unspecified atom stereocenters. The molecule has 1 heterocycles. The Hall–Kier alpha value is -0.950. The van der Waals surface area contributed by atoms with Crippen molar-refractivity contribution < 1.29 is 13.2 Å². The zero-order valence-electron chi connectivity index (χ0n) is 13.0. The summed E-state index contributed by atoms with van der Waals surface area (Å²) >= 11 is 0. The number of aryl methyl sites for hydroxylation is 2. The molecule has 1 aromatic rings. The van der Waals surface area contributed by atoms with Crippen molar-refractivity contribution in [3.8, 4) is 0 Å². The van der Waals surface area contributed by atoms with Crippen molar-refractivity contribution in [2.24, 2.45) is 0 Å². The van der Waals surface area contributed by atoms with Gasteiger partial charge in [0.1, 0.15) is 0 Å². The van der Waals surface area contributed by atoms with Crippen LogP contribution in [0.3, 0.4) is 0 Å². The van der Waals surface area contributed by atoms with Crippen molar-refractivity contribution in [1.29, 1.82) is 0 Å². The van der Waals surface area contributed by atoms with E-state index in [-0.39, 0.29) is 6.04 Å². The molecule has 2 aliphatic rings. The van der Waals surface area contributed by atoms with Gasteiger partial charge in [-0.1, -0.05) is 6.07 Å². The van der Waals surface area contributed by atoms with Gasteiger partial charge in [0, 0.05) is 25.7 Å². The second-order valence-corrected chi connectivity index (χ2v) is 7.93. The summed E-state index contributed by atoms with van der Waals surface area (Å²) in [5.74, 6) is 0. The van der Waals surface area contributed by atoms with Crippen molar-refractivity contribution >= 4 is 10.0 Å². The van der Waals surface area contributed by atoms with Crippen LogP contribution in [-0.2, 0) is 27.6 Å². The molecule has 5 nitrogen and oxygen atoms in total. The largest absolute Gasteiger partial charge is 0.379 e. The highest BCUT2D eigenvalue weighted by atomic mass is 32.2. The Balaban J connectivity index is 1.65. The molecule has 3 rings (SSSR count). The number of sulfonamides is 1. The highest BCUT2D eigenvalue weighted by Gasteiger charge is 2.22. The molecule has 0 amide bonds. The van der Waals surface area contributed by atoms with Crippen LogP contribution >= 0.6 is 0 Å². The number of nitrogens with one attached hydrogen (secondary N) is 1. The summed E-state index contributed by atoms with van der Waals surface area (Å²) in [5.41, 5.74) is 2.48. The fourth-order valence-electron chi connectivity index (χ4n) is 3.26. The number of hydrogen-bond acceptors (Lipinski definition) is 4. The monoisotopic (exact) mass is 324 g/mol. The van der Waals surface area contributed by atoms with Crippen LogP contribution in [0.4, 0.5) is 0 Å². The number of rotatable bonds is 5. The maximum absolute atomic E-state index is 12.5. The molecular formula is C16H24N2O3S. The minimum atomic E-state index is -3.44. The minimum Gasteiger partial charge on any atom is -0.379 e. The standard InChI is InChI=1S/C16H24N2O3S/c1-13(12-18-7-9-21-10-8-18)17-22(19,20)16-6-5-14-3-2-4-15(14)11-16/h5-6,11,13,17H,2-4,7-10,12H2,1H3/t13-/m1/s1. The lowest BCUT2D eigenvalue weighted by molar-refractivity contribution is 0.0354.